The van der Waals surface area contributed by atoms with Gasteiger partial charge in [-0.25, -0.2) is 0 Å². The number of carbonyl (C=O) groups is 2. The van der Waals surface area contributed by atoms with Crippen LogP contribution in [0.1, 0.15) is 17.4 Å². The van der Waals surface area contributed by atoms with Crippen molar-refractivity contribution in [1.29, 1.82) is 0 Å². The van der Waals surface area contributed by atoms with Gasteiger partial charge in [-0.1, -0.05) is 12.1 Å². The van der Waals surface area contributed by atoms with Gasteiger partial charge in [0.2, 0.25) is 0 Å². The van der Waals surface area contributed by atoms with Crippen molar-refractivity contribution in [3.05, 3.63) is 59.6 Å². The second kappa shape index (κ2) is 7.45. The molecule has 1 atom stereocenters. The Morgan fingerprint density at radius 2 is 2.04 bits per heavy atom. The van der Waals surface area contributed by atoms with Crippen LogP contribution in [0.15, 0.2) is 52.7 Å². The fourth-order valence-electron chi connectivity index (χ4n) is 2.97. The summed E-state index contributed by atoms with van der Waals surface area (Å²) < 4.78 is 15.6. The predicted octanol–water partition coefficient (Wildman–Crippen LogP) is 2.36. The predicted molar refractivity (Wildman–Crippen MR) is 92.6 cm³/mol. The summed E-state index contributed by atoms with van der Waals surface area (Å²) >= 11 is 0. The van der Waals surface area contributed by atoms with E-state index in [0.29, 0.717) is 17.1 Å². The maximum absolute atomic E-state index is 12.6. The van der Waals surface area contributed by atoms with Crippen LogP contribution < -0.4 is 4.74 Å². The van der Waals surface area contributed by atoms with Gasteiger partial charge in [0, 0.05) is 19.2 Å². The van der Waals surface area contributed by atoms with E-state index in [1.807, 2.05) is 0 Å². The summed E-state index contributed by atoms with van der Waals surface area (Å²) in [6, 6.07) is 9.16. The zero-order chi connectivity index (χ0) is 18.7. The highest BCUT2D eigenvalue weighted by Gasteiger charge is 2.47. The van der Waals surface area contributed by atoms with Crippen LogP contribution in [0.4, 0.5) is 0 Å². The molecule has 2 heterocycles. The molecular formula is C19H19NO6. The van der Waals surface area contributed by atoms with Crippen LogP contribution in [-0.2, 0) is 14.3 Å². The fraction of sp³-hybridized carbons (Fsp3) is 0.263. The standard InChI is InChI=1S/C19H19NO6/c1-24-10-8-20-16(14-7-4-9-26-14)15(18(22)19(20)23)17(21)12-5-3-6-13(11-12)25-2/h3-7,9,11,16,21H,8,10H2,1-2H3/t16-/m0/s1. The second-order valence-electron chi connectivity index (χ2n) is 5.73. The lowest BCUT2D eigenvalue weighted by Gasteiger charge is -2.22. The number of furan rings is 1. The molecule has 2 aromatic rings. The number of carbonyl (C=O) groups excluding carboxylic acids is 2. The average Bonchev–Trinajstić information content (AvgIpc) is 3.27. The largest absolute Gasteiger partial charge is 0.507 e. The normalized spacial score (nSPS) is 19.2. The molecule has 1 aromatic heterocycles. The number of aliphatic hydroxyl groups is 1. The average molecular weight is 357 g/mol. The first-order valence-corrected chi connectivity index (χ1v) is 8.03. The highest BCUT2D eigenvalue weighted by molar-refractivity contribution is 6.46. The van der Waals surface area contributed by atoms with Crippen LogP contribution in [0, 0.1) is 0 Å². The Balaban J connectivity index is 2.12. The molecular weight excluding hydrogens is 338 g/mol. The molecule has 26 heavy (non-hydrogen) atoms. The lowest BCUT2D eigenvalue weighted by atomic mass is 9.99. The maximum Gasteiger partial charge on any atom is 0.295 e. The maximum atomic E-state index is 12.6. The minimum Gasteiger partial charge on any atom is -0.507 e. The SMILES string of the molecule is COCCN1C(=O)C(=O)C(=C(O)c2cccc(OC)c2)[C@@H]1c1ccco1. The molecule has 0 saturated carbocycles. The van der Waals surface area contributed by atoms with Crippen LogP contribution in [-0.4, -0.2) is 49.1 Å². The number of amides is 1. The number of ketones is 1. The number of benzene rings is 1. The molecule has 7 heteroatoms. The van der Waals surface area contributed by atoms with Gasteiger partial charge in [0.15, 0.2) is 0 Å². The van der Waals surface area contributed by atoms with Crippen LogP contribution in [0.3, 0.4) is 0 Å². The van der Waals surface area contributed by atoms with Gasteiger partial charge in [-0.15, -0.1) is 0 Å². The highest BCUT2D eigenvalue weighted by Crippen LogP contribution is 2.39. The summed E-state index contributed by atoms with van der Waals surface area (Å²) in [6.45, 7) is 0.449. The van der Waals surface area contributed by atoms with Gasteiger partial charge >= 0.3 is 0 Å². The molecule has 1 fully saturated rings. The van der Waals surface area contributed by atoms with Gasteiger partial charge < -0.3 is 23.9 Å². The molecule has 0 spiro atoms. The van der Waals surface area contributed by atoms with Crippen molar-refractivity contribution in [3.63, 3.8) is 0 Å². The summed E-state index contributed by atoms with van der Waals surface area (Å²) in [7, 11) is 3.01. The Labute approximate surface area is 150 Å². The van der Waals surface area contributed by atoms with E-state index in [2.05, 4.69) is 0 Å². The molecule has 1 N–H and O–H groups in total. The lowest BCUT2D eigenvalue weighted by Crippen LogP contribution is -2.32. The lowest BCUT2D eigenvalue weighted by molar-refractivity contribution is -0.140. The minimum atomic E-state index is -0.814. The summed E-state index contributed by atoms with van der Waals surface area (Å²) in [5.74, 6) is -0.818. The van der Waals surface area contributed by atoms with Gasteiger partial charge in [-0.05, 0) is 24.3 Å². The zero-order valence-electron chi connectivity index (χ0n) is 14.5. The number of aliphatic hydroxyl groups excluding tert-OH is 1. The van der Waals surface area contributed by atoms with Crippen molar-refractivity contribution in [2.45, 2.75) is 6.04 Å². The third-order valence-corrected chi connectivity index (χ3v) is 4.23. The van der Waals surface area contributed by atoms with E-state index in [-0.39, 0.29) is 24.5 Å². The van der Waals surface area contributed by atoms with Gasteiger partial charge in [-0.2, -0.15) is 0 Å². The van der Waals surface area contributed by atoms with Gasteiger partial charge in [-0.3, -0.25) is 9.59 Å². The molecule has 0 aliphatic carbocycles. The third kappa shape index (κ3) is 3.09. The van der Waals surface area contributed by atoms with E-state index in [1.165, 1.54) is 25.4 Å². The van der Waals surface area contributed by atoms with E-state index in [0.717, 1.165) is 0 Å². The molecule has 1 amide bonds. The van der Waals surface area contributed by atoms with Crippen LogP contribution in [0.2, 0.25) is 0 Å². The highest BCUT2D eigenvalue weighted by atomic mass is 16.5. The topological polar surface area (TPSA) is 89.2 Å². The summed E-state index contributed by atoms with van der Waals surface area (Å²) in [5.41, 5.74) is 0.361. The number of hydrogen-bond donors (Lipinski definition) is 1. The zero-order valence-corrected chi connectivity index (χ0v) is 14.5. The van der Waals surface area contributed by atoms with Crippen molar-refractivity contribution in [3.8, 4) is 5.75 Å². The number of nitrogens with zero attached hydrogens (tertiary/aromatic N) is 1. The third-order valence-electron chi connectivity index (χ3n) is 4.23. The van der Waals surface area contributed by atoms with Gasteiger partial charge in [0.25, 0.3) is 11.7 Å². The number of Topliss-reactive ketones (excluding diaryl/α,β-unsaturated/α-hetero) is 1. The monoisotopic (exact) mass is 357 g/mol. The first-order chi connectivity index (χ1) is 12.6. The number of hydrogen-bond acceptors (Lipinski definition) is 6. The Hall–Kier alpha value is -3.06. The van der Waals surface area contributed by atoms with E-state index in [4.69, 9.17) is 13.9 Å². The minimum absolute atomic E-state index is 0.0192. The first-order valence-electron chi connectivity index (χ1n) is 8.03. The number of rotatable bonds is 6. The molecule has 1 aliphatic rings. The van der Waals surface area contributed by atoms with Crippen LogP contribution in [0.5, 0.6) is 5.75 Å². The van der Waals surface area contributed by atoms with Gasteiger partial charge in [0.05, 0.1) is 25.6 Å². The Morgan fingerprint density at radius 1 is 1.23 bits per heavy atom. The molecule has 7 nitrogen and oxygen atoms in total. The Kier molecular flexibility index (Phi) is 5.09. The Bertz CT molecular complexity index is 839. The van der Waals surface area contributed by atoms with Gasteiger partial charge in [0.1, 0.15) is 23.3 Å². The first kappa shape index (κ1) is 17.8. The van der Waals surface area contributed by atoms with Crippen LogP contribution >= 0.6 is 0 Å². The van der Waals surface area contributed by atoms with Crippen LogP contribution in [0.25, 0.3) is 5.76 Å². The summed E-state index contributed by atoms with van der Waals surface area (Å²) in [5, 5.41) is 10.8. The molecule has 1 saturated heterocycles. The molecule has 0 bridgehead atoms. The Morgan fingerprint density at radius 3 is 2.69 bits per heavy atom. The van der Waals surface area contributed by atoms with E-state index >= 15 is 0 Å². The molecule has 0 radical (unpaired) electrons. The molecule has 136 valence electrons. The number of ether oxygens (including phenoxy) is 2. The van der Waals surface area contributed by atoms with E-state index in [1.54, 1.807) is 36.4 Å². The van der Waals surface area contributed by atoms with Crippen molar-refractivity contribution in [2.24, 2.45) is 0 Å². The van der Waals surface area contributed by atoms with Crippen molar-refractivity contribution in [1.82, 2.24) is 4.90 Å². The smallest absolute Gasteiger partial charge is 0.295 e. The quantitative estimate of drug-likeness (QED) is 0.485. The second-order valence-corrected chi connectivity index (χ2v) is 5.73. The molecule has 1 aromatic carbocycles. The van der Waals surface area contributed by atoms with Crippen molar-refractivity contribution in [2.75, 3.05) is 27.4 Å². The number of methoxy groups -OCH3 is 2. The summed E-state index contributed by atoms with van der Waals surface area (Å²) in [4.78, 5) is 26.5. The fourth-order valence-corrected chi connectivity index (χ4v) is 2.97. The molecule has 0 unspecified atom stereocenters. The number of likely N-dealkylation sites (tertiary alicyclic amines) is 1. The van der Waals surface area contributed by atoms with E-state index < -0.39 is 17.7 Å². The van der Waals surface area contributed by atoms with Crippen molar-refractivity contribution >= 4 is 17.4 Å². The molecule has 1 aliphatic heterocycles. The van der Waals surface area contributed by atoms with E-state index in [9.17, 15) is 14.7 Å². The molecule has 3 rings (SSSR count). The summed E-state index contributed by atoms with van der Waals surface area (Å²) in [6.07, 6.45) is 1.46. The van der Waals surface area contributed by atoms with Crippen molar-refractivity contribution < 1.29 is 28.6 Å².